The van der Waals surface area contributed by atoms with Crippen LogP contribution in [0.25, 0.3) is 10.4 Å². The summed E-state index contributed by atoms with van der Waals surface area (Å²) in [7, 11) is -2.90. The van der Waals surface area contributed by atoms with E-state index in [1.807, 2.05) is 36.4 Å². The van der Waals surface area contributed by atoms with Crippen LogP contribution in [0.15, 0.2) is 96.1 Å². The zero-order valence-corrected chi connectivity index (χ0v) is 23.7. The first-order valence-electron chi connectivity index (χ1n) is 13.1. The van der Waals surface area contributed by atoms with Crippen molar-refractivity contribution in [3.05, 3.63) is 107 Å². The maximum atomic E-state index is 12.9. The Morgan fingerprint density at radius 2 is 1.49 bits per heavy atom. The van der Waals surface area contributed by atoms with Crippen LogP contribution >= 0.6 is 0 Å². The van der Waals surface area contributed by atoms with Gasteiger partial charge in [0.05, 0.1) is 18.3 Å². The Morgan fingerprint density at radius 3 is 1.97 bits per heavy atom. The second-order valence-electron chi connectivity index (χ2n) is 10.8. The van der Waals surface area contributed by atoms with Gasteiger partial charge in [-0.15, -0.1) is 0 Å². The Morgan fingerprint density at radius 1 is 0.974 bits per heavy atom. The Balaban J connectivity index is 1.67. The lowest BCUT2D eigenvalue weighted by Gasteiger charge is -2.46. The molecule has 1 fully saturated rings. The van der Waals surface area contributed by atoms with Crippen LogP contribution < -0.4 is 10.4 Å². The number of hydrogen-bond donors (Lipinski definition) is 1. The highest BCUT2D eigenvalue weighted by atomic mass is 28.4. The van der Waals surface area contributed by atoms with E-state index in [1.54, 1.807) is 37.3 Å². The quantitative estimate of drug-likeness (QED) is 0.146. The van der Waals surface area contributed by atoms with Crippen LogP contribution in [0.5, 0.6) is 0 Å². The Labute approximate surface area is 230 Å². The second-order valence-corrected chi connectivity index (χ2v) is 15.1. The van der Waals surface area contributed by atoms with Gasteiger partial charge in [-0.1, -0.05) is 105 Å². The number of carbonyl (C=O) groups is 1. The molecule has 0 radical (unpaired) electrons. The fourth-order valence-electron chi connectivity index (χ4n) is 5.35. The molecule has 0 spiro atoms. The zero-order chi connectivity index (χ0) is 28.0. The zero-order valence-electron chi connectivity index (χ0n) is 22.7. The van der Waals surface area contributed by atoms with Gasteiger partial charge in [-0.25, -0.2) is 4.79 Å². The number of aliphatic hydroxyl groups excluding tert-OH is 1. The van der Waals surface area contributed by atoms with E-state index in [2.05, 4.69) is 55.1 Å². The number of hydrogen-bond acceptors (Lipinski definition) is 6. The first-order chi connectivity index (χ1) is 18.7. The third-order valence-corrected chi connectivity index (χ3v) is 12.2. The fraction of sp³-hybridized carbons (Fsp3) is 0.367. The molecule has 0 aliphatic carbocycles. The molecule has 1 saturated heterocycles. The predicted molar refractivity (Wildman–Crippen MR) is 152 cm³/mol. The van der Waals surface area contributed by atoms with E-state index in [1.165, 1.54) is 0 Å². The highest BCUT2D eigenvalue weighted by Gasteiger charge is 2.52. The lowest BCUT2D eigenvalue weighted by molar-refractivity contribution is -0.183. The average Bonchev–Trinajstić information content (AvgIpc) is 2.94. The van der Waals surface area contributed by atoms with Crippen molar-refractivity contribution < 1.29 is 23.8 Å². The van der Waals surface area contributed by atoms with Crippen molar-refractivity contribution in [3.8, 4) is 0 Å². The average molecular weight is 546 g/mol. The summed E-state index contributed by atoms with van der Waals surface area (Å²) in [6.07, 6.45) is -3.82. The number of aliphatic hydroxyl groups is 1. The first kappa shape index (κ1) is 28.5. The summed E-state index contributed by atoms with van der Waals surface area (Å²) in [5.74, 6) is -0.612. The molecule has 8 nitrogen and oxygen atoms in total. The molecule has 9 heteroatoms. The number of esters is 1. The molecule has 4 rings (SSSR count). The maximum absolute atomic E-state index is 12.9. The third kappa shape index (κ3) is 5.93. The molecule has 0 bridgehead atoms. The first-order valence-corrected chi connectivity index (χ1v) is 15.0. The lowest BCUT2D eigenvalue weighted by atomic mass is 9.94. The number of azide groups is 1. The lowest BCUT2D eigenvalue weighted by Crippen LogP contribution is -2.68. The van der Waals surface area contributed by atoms with Crippen molar-refractivity contribution in [2.75, 3.05) is 6.61 Å². The van der Waals surface area contributed by atoms with Gasteiger partial charge in [0, 0.05) is 4.91 Å². The van der Waals surface area contributed by atoms with Crippen molar-refractivity contribution in [1.29, 1.82) is 0 Å². The van der Waals surface area contributed by atoms with E-state index in [-0.39, 0.29) is 11.6 Å². The van der Waals surface area contributed by atoms with Gasteiger partial charge in [0.25, 0.3) is 8.32 Å². The topological polar surface area (TPSA) is 114 Å². The molecule has 0 saturated carbocycles. The van der Waals surface area contributed by atoms with Gasteiger partial charge < -0.3 is 19.0 Å². The molecule has 1 N–H and O–H groups in total. The minimum absolute atomic E-state index is 0.0567. The number of benzene rings is 3. The van der Waals surface area contributed by atoms with Crippen LogP contribution in [0, 0.1) is 0 Å². The molecule has 3 aromatic carbocycles. The largest absolute Gasteiger partial charge is 0.455 e. The van der Waals surface area contributed by atoms with E-state index < -0.39 is 44.7 Å². The summed E-state index contributed by atoms with van der Waals surface area (Å²) in [5, 5.41) is 17.2. The molecule has 0 amide bonds. The summed E-state index contributed by atoms with van der Waals surface area (Å²) in [4.78, 5) is 15.8. The molecule has 5 atom stereocenters. The SMILES string of the molecule is CC1OC(CO[Si](c2ccccc2)(c2ccccc2)C(C)(C)C)[C@H](O)[C@H](OC(=O)c2ccccc2)C1N=[N+]=[N-]. The van der Waals surface area contributed by atoms with E-state index in [4.69, 9.17) is 13.9 Å². The second kappa shape index (κ2) is 12.2. The van der Waals surface area contributed by atoms with Crippen molar-refractivity contribution in [2.24, 2.45) is 5.11 Å². The highest BCUT2D eigenvalue weighted by molar-refractivity contribution is 6.99. The smallest absolute Gasteiger partial charge is 0.338 e. The van der Waals surface area contributed by atoms with Crippen LogP contribution in [0.2, 0.25) is 5.04 Å². The number of carbonyl (C=O) groups excluding carboxylic acids is 1. The standard InChI is InChI=1S/C30H35N3O5Si/c1-21-26(32-33-31)28(38-29(35)22-14-8-5-9-15-22)27(34)25(37-21)20-36-39(30(2,3)4,23-16-10-6-11-17-23)24-18-12-7-13-19-24/h5-19,21,25-28,34H,20H2,1-4H3/t21?,25?,26?,27-,28+/m0/s1. The molecule has 3 unspecified atom stereocenters. The van der Waals surface area contributed by atoms with E-state index in [0.717, 1.165) is 10.4 Å². The summed E-state index contributed by atoms with van der Waals surface area (Å²) < 4.78 is 18.9. The predicted octanol–water partition coefficient (Wildman–Crippen LogP) is 4.62. The molecular weight excluding hydrogens is 510 g/mol. The molecule has 1 aliphatic heterocycles. The Kier molecular flexibility index (Phi) is 8.89. The van der Waals surface area contributed by atoms with Gasteiger partial charge in [0.2, 0.25) is 0 Å². The van der Waals surface area contributed by atoms with E-state index in [9.17, 15) is 15.4 Å². The number of nitrogens with zero attached hydrogens (tertiary/aromatic N) is 3. The fourth-order valence-corrected chi connectivity index (χ4v) is 9.92. The van der Waals surface area contributed by atoms with Crippen molar-refractivity contribution in [3.63, 3.8) is 0 Å². The van der Waals surface area contributed by atoms with Gasteiger partial charge in [0.1, 0.15) is 24.4 Å². The number of ether oxygens (including phenoxy) is 2. The third-order valence-electron chi connectivity index (χ3n) is 7.24. The van der Waals surface area contributed by atoms with Gasteiger partial charge in [-0.2, -0.15) is 0 Å². The molecule has 1 heterocycles. The molecule has 204 valence electrons. The van der Waals surface area contributed by atoms with E-state index >= 15 is 0 Å². The Hall–Kier alpha value is -3.46. The van der Waals surface area contributed by atoms with Gasteiger partial charge in [-0.3, -0.25) is 0 Å². The maximum Gasteiger partial charge on any atom is 0.338 e. The highest BCUT2D eigenvalue weighted by Crippen LogP contribution is 2.37. The molecule has 0 aromatic heterocycles. The minimum Gasteiger partial charge on any atom is -0.455 e. The normalized spacial score (nSPS) is 23.5. The molecular formula is C30H35N3O5Si. The summed E-state index contributed by atoms with van der Waals surface area (Å²) in [5.41, 5.74) is 9.51. The number of rotatable bonds is 8. The Bertz CT molecular complexity index is 1240. The molecule has 3 aromatic rings. The van der Waals surface area contributed by atoms with Gasteiger partial charge in [-0.05, 0) is 40.0 Å². The van der Waals surface area contributed by atoms with Gasteiger partial charge >= 0.3 is 5.97 Å². The molecule has 39 heavy (non-hydrogen) atoms. The summed E-state index contributed by atoms with van der Waals surface area (Å²) in [6.45, 7) is 8.30. The molecule has 1 aliphatic rings. The monoisotopic (exact) mass is 545 g/mol. The van der Waals surface area contributed by atoms with Crippen LogP contribution in [0.3, 0.4) is 0 Å². The summed E-state index contributed by atoms with van der Waals surface area (Å²) >= 11 is 0. The van der Waals surface area contributed by atoms with Crippen molar-refractivity contribution in [2.45, 2.75) is 63.2 Å². The van der Waals surface area contributed by atoms with Crippen LogP contribution in [-0.2, 0) is 13.9 Å². The van der Waals surface area contributed by atoms with Crippen LogP contribution in [0.4, 0.5) is 0 Å². The van der Waals surface area contributed by atoms with Gasteiger partial charge in [0.15, 0.2) is 0 Å². The minimum atomic E-state index is -2.90. The summed E-state index contributed by atoms with van der Waals surface area (Å²) in [6, 6.07) is 28.0. The van der Waals surface area contributed by atoms with E-state index in [0.29, 0.717) is 5.56 Å². The van der Waals surface area contributed by atoms with Crippen LogP contribution in [0.1, 0.15) is 38.1 Å². The van der Waals surface area contributed by atoms with Crippen molar-refractivity contribution in [1.82, 2.24) is 0 Å². The van der Waals surface area contributed by atoms with Crippen LogP contribution in [-0.4, -0.2) is 56.5 Å². The van der Waals surface area contributed by atoms with Crippen molar-refractivity contribution >= 4 is 24.7 Å².